The fourth-order valence-corrected chi connectivity index (χ4v) is 2.08. The van der Waals surface area contributed by atoms with Gasteiger partial charge in [-0.05, 0) is 44.7 Å². The molecule has 0 saturated heterocycles. The Labute approximate surface area is 104 Å². The fourth-order valence-electron chi connectivity index (χ4n) is 1.29. The van der Waals surface area contributed by atoms with E-state index in [4.69, 9.17) is 4.42 Å². The van der Waals surface area contributed by atoms with Gasteiger partial charge in [0, 0.05) is 11.1 Å². The summed E-state index contributed by atoms with van der Waals surface area (Å²) in [6, 6.07) is 3.70. The third kappa shape index (κ3) is 2.87. The molecule has 0 aromatic carbocycles. The fraction of sp³-hybridized carbons (Fsp3) is 0.333. The summed E-state index contributed by atoms with van der Waals surface area (Å²) in [7, 11) is 0. The van der Waals surface area contributed by atoms with Crippen molar-refractivity contribution in [1.82, 2.24) is 9.97 Å². The molecule has 2 heterocycles. The highest BCUT2D eigenvalue weighted by Gasteiger charge is 2.08. The molecule has 0 aliphatic rings. The van der Waals surface area contributed by atoms with Crippen LogP contribution in [0.15, 0.2) is 32.9 Å². The number of aliphatic hydroxyl groups excluding tert-OH is 1. The van der Waals surface area contributed by atoms with E-state index in [2.05, 4.69) is 9.97 Å². The van der Waals surface area contributed by atoms with E-state index >= 15 is 0 Å². The molecule has 0 fully saturated rings. The van der Waals surface area contributed by atoms with Crippen LogP contribution < -0.4 is 0 Å². The van der Waals surface area contributed by atoms with Crippen LogP contribution in [0.5, 0.6) is 0 Å². The maximum Gasteiger partial charge on any atom is 0.261 e. The van der Waals surface area contributed by atoms with Crippen molar-refractivity contribution in [3.8, 4) is 0 Å². The molecule has 4 nitrogen and oxygen atoms in total. The van der Waals surface area contributed by atoms with Gasteiger partial charge in [-0.15, -0.1) is 0 Å². The van der Waals surface area contributed by atoms with Gasteiger partial charge in [-0.3, -0.25) is 4.98 Å². The summed E-state index contributed by atoms with van der Waals surface area (Å²) in [5, 5.41) is 9.96. The lowest BCUT2D eigenvalue weighted by Gasteiger charge is -2.03. The van der Waals surface area contributed by atoms with Crippen LogP contribution in [0.25, 0.3) is 0 Å². The van der Waals surface area contributed by atoms with Gasteiger partial charge in [0.2, 0.25) is 0 Å². The third-order valence-corrected chi connectivity index (χ3v) is 3.23. The van der Waals surface area contributed by atoms with Gasteiger partial charge < -0.3 is 9.52 Å². The number of hydrogen-bond donors (Lipinski definition) is 1. The number of oxazole rings is 1. The highest BCUT2D eigenvalue weighted by Crippen LogP contribution is 2.28. The lowest BCUT2D eigenvalue weighted by atomic mass is 10.2. The van der Waals surface area contributed by atoms with Crippen molar-refractivity contribution < 1.29 is 9.52 Å². The van der Waals surface area contributed by atoms with Gasteiger partial charge in [0.1, 0.15) is 5.76 Å². The van der Waals surface area contributed by atoms with E-state index in [1.54, 1.807) is 19.2 Å². The molecule has 0 spiro atoms. The Kier molecular flexibility index (Phi) is 3.49. The topological polar surface area (TPSA) is 59.2 Å². The van der Waals surface area contributed by atoms with Gasteiger partial charge in [0.15, 0.2) is 0 Å². The van der Waals surface area contributed by atoms with Crippen LogP contribution in [-0.2, 0) is 0 Å². The molecule has 1 atom stereocenters. The number of aryl methyl sites for hydroxylation is 2. The van der Waals surface area contributed by atoms with Crippen molar-refractivity contribution in [2.75, 3.05) is 0 Å². The molecule has 0 unspecified atom stereocenters. The van der Waals surface area contributed by atoms with E-state index in [1.165, 1.54) is 11.8 Å². The quantitative estimate of drug-likeness (QED) is 0.907. The van der Waals surface area contributed by atoms with E-state index in [0.717, 1.165) is 16.3 Å². The number of aromatic nitrogens is 2. The van der Waals surface area contributed by atoms with Gasteiger partial charge in [-0.1, -0.05) is 0 Å². The molecule has 1 N–H and O–H groups in total. The van der Waals surface area contributed by atoms with E-state index in [0.29, 0.717) is 10.9 Å². The van der Waals surface area contributed by atoms with Crippen LogP contribution in [0, 0.1) is 13.8 Å². The standard InChI is InChI=1S/C12H14N2O2S/c1-7-9(3)16-12(14-7)17-10-4-5-11(8(2)15)13-6-10/h4-6,8,15H,1-3H3/t8-/m1/s1. The van der Waals surface area contributed by atoms with E-state index in [9.17, 15) is 5.11 Å². The largest absolute Gasteiger partial charge is 0.436 e. The lowest BCUT2D eigenvalue weighted by molar-refractivity contribution is 0.194. The highest BCUT2D eigenvalue weighted by molar-refractivity contribution is 7.99. The van der Waals surface area contributed by atoms with Gasteiger partial charge in [0.25, 0.3) is 5.22 Å². The number of pyridine rings is 1. The van der Waals surface area contributed by atoms with Crippen molar-refractivity contribution in [2.45, 2.75) is 37.0 Å². The first kappa shape index (κ1) is 12.1. The SMILES string of the molecule is Cc1nc(Sc2ccc([C@@H](C)O)nc2)oc1C. The Morgan fingerprint density at radius 2 is 2.12 bits per heavy atom. The Hall–Kier alpha value is -1.33. The molecule has 0 bridgehead atoms. The molecule has 2 rings (SSSR count). The zero-order valence-electron chi connectivity index (χ0n) is 9.97. The predicted octanol–water partition coefficient (Wildman–Crippen LogP) is 2.89. The second kappa shape index (κ2) is 4.89. The van der Waals surface area contributed by atoms with Crippen molar-refractivity contribution in [2.24, 2.45) is 0 Å². The van der Waals surface area contributed by atoms with Crippen molar-refractivity contribution in [3.05, 3.63) is 35.5 Å². The van der Waals surface area contributed by atoms with Gasteiger partial charge >= 0.3 is 0 Å². The number of aliphatic hydroxyl groups is 1. The average Bonchev–Trinajstić information content (AvgIpc) is 2.58. The molecule has 0 aliphatic heterocycles. The second-order valence-corrected chi connectivity index (χ2v) is 4.84. The van der Waals surface area contributed by atoms with Crippen LogP contribution in [0.1, 0.15) is 30.2 Å². The summed E-state index contributed by atoms with van der Waals surface area (Å²) >= 11 is 1.42. The Balaban J connectivity index is 2.13. The molecule has 2 aromatic rings. The smallest absolute Gasteiger partial charge is 0.261 e. The van der Waals surface area contributed by atoms with Gasteiger partial charge in [0.05, 0.1) is 17.5 Å². The molecule has 90 valence electrons. The number of hydrogen-bond acceptors (Lipinski definition) is 5. The number of rotatable bonds is 3. The summed E-state index contributed by atoms with van der Waals surface area (Å²) in [6.07, 6.45) is 1.17. The van der Waals surface area contributed by atoms with Crippen LogP contribution in [0.3, 0.4) is 0 Å². The van der Waals surface area contributed by atoms with Crippen molar-refractivity contribution in [3.63, 3.8) is 0 Å². The number of nitrogens with zero attached hydrogens (tertiary/aromatic N) is 2. The lowest BCUT2D eigenvalue weighted by Crippen LogP contribution is -1.94. The Bertz CT molecular complexity index is 486. The first-order valence-electron chi connectivity index (χ1n) is 5.32. The molecular formula is C12H14N2O2S. The van der Waals surface area contributed by atoms with Crippen molar-refractivity contribution >= 4 is 11.8 Å². The second-order valence-electron chi connectivity index (χ2n) is 3.82. The first-order chi connectivity index (χ1) is 8.06. The van der Waals surface area contributed by atoms with Crippen LogP contribution in [0.2, 0.25) is 0 Å². The maximum absolute atomic E-state index is 9.34. The van der Waals surface area contributed by atoms with E-state index in [1.807, 2.05) is 19.9 Å². The monoisotopic (exact) mass is 250 g/mol. The molecular weight excluding hydrogens is 236 g/mol. The minimum Gasteiger partial charge on any atom is -0.436 e. The summed E-state index contributed by atoms with van der Waals surface area (Å²) in [5.74, 6) is 0.834. The molecule has 5 heteroatoms. The van der Waals surface area contributed by atoms with E-state index < -0.39 is 6.10 Å². The summed E-state index contributed by atoms with van der Waals surface area (Å²) in [5.41, 5.74) is 1.56. The molecule has 2 aromatic heterocycles. The minimum atomic E-state index is -0.541. The van der Waals surface area contributed by atoms with Crippen LogP contribution >= 0.6 is 11.8 Å². The molecule has 0 amide bonds. The third-order valence-electron chi connectivity index (χ3n) is 2.40. The normalized spacial score (nSPS) is 12.7. The van der Waals surface area contributed by atoms with E-state index in [-0.39, 0.29) is 0 Å². The molecule has 0 saturated carbocycles. The highest BCUT2D eigenvalue weighted by atomic mass is 32.2. The predicted molar refractivity (Wildman–Crippen MR) is 65.0 cm³/mol. The molecule has 17 heavy (non-hydrogen) atoms. The van der Waals surface area contributed by atoms with Gasteiger partial charge in [-0.25, -0.2) is 4.98 Å². The average molecular weight is 250 g/mol. The van der Waals surface area contributed by atoms with Crippen LogP contribution in [-0.4, -0.2) is 15.1 Å². The zero-order valence-corrected chi connectivity index (χ0v) is 10.8. The Morgan fingerprint density at radius 1 is 1.35 bits per heavy atom. The van der Waals surface area contributed by atoms with Gasteiger partial charge in [-0.2, -0.15) is 0 Å². The molecule has 0 radical (unpaired) electrons. The summed E-state index contributed by atoms with van der Waals surface area (Å²) < 4.78 is 5.47. The first-order valence-corrected chi connectivity index (χ1v) is 6.14. The van der Waals surface area contributed by atoms with Crippen molar-refractivity contribution in [1.29, 1.82) is 0 Å². The zero-order chi connectivity index (χ0) is 12.4. The molecule has 0 aliphatic carbocycles. The Morgan fingerprint density at radius 3 is 2.59 bits per heavy atom. The maximum atomic E-state index is 9.34. The summed E-state index contributed by atoms with van der Waals surface area (Å²) in [4.78, 5) is 9.39. The summed E-state index contributed by atoms with van der Waals surface area (Å²) in [6.45, 7) is 5.49. The van der Waals surface area contributed by atoms with Crippen LogP contribution in [0.4, 0.5) is 0 Å². The minimum absolute atomic E-state index is 0.541.